The van der Waals surface area contributed by atoms with E-state index in [1.165, 1.54) is 11.1 Å². The van der Waals surface area contributed by atoms with Gasteiger partial charge in [0.05, 0.1) is 19.3 Å². The summed E-state index contributed by atoms with van der Waals surface area (Å²) < 4.78 is 5.43. The second-order valence-corrected chi connectivity index (χ2v) is 7.85. The van der Waals surface area contributed by atoms with Crippen LogP contribution >= 0.6 is 12.4 Å². The molecule has 0 saturated carbocycles. The molecule has 2 aliphatic heterocycles. The fourth-order valence-corrected chi connectivity index (χ4v) is 3.83. The van der Waals surface area contributed by atoms with Gasteiger partial charge >= 0.3 is 0 Å². The summed E-state index contributed by atoms with van der Waals surface area (Å²) in [5.41, 5.74) is 2.51. The van der Waals surface area contributed by atoms with Gasteiger partial charge in [0.2, 0.25) is 5.91 Å². The van der Waals surface area contributed by atoms with Crippen molar-refractivity contribution in [1.82, 2.24) is 15.5 Å². The van der Waals surface area contributed by atoms with E-state index in [0.717, 1.165) is 52.2 Å². The fraction of sp³-hybridized carbons (Fsp3) is 0.650. The highest BCUT2D eigenvalue weighted by Crippen LogP contribution is 2.30. The first-order valence-electron chi connectivity index (χ1n) is 9.44. The van der Waals surface area contributed by atoms with Crippen LogP contribution in [-0.2, 0) is 22.6 Å². The maximum absolute atomic E-state index is 12.7. The van der Waals surface area contributed by atoms with Gasteiger partial charge in [-0.05, 0) is 35.9 Å². The number of nitrogens with one attached hydrogen (secondary N) is 2. The van der Waals surface area contributed by atoms with Gasteiger partial charge < -0.3 is 15.4 Å². The highest BCUT2D eigenvalue weighted by atomic mass is 35.5. The Labute approximate surface area is 163 Å². The van der Waals surface area contributed by atoms with Crippen LogP contribution in [0.1, 0.15) is 37.8 Å². The number of piperidine rings is 1. The van der Waals surface area contributed by atoms with Crippen LogP contribution in [0.2, 0.25) is 0 Å². The van der Waals surface area contributed by atoms with E-state index in [1.807, 2.05) is 6.07 Å². The van der Waals surface area contributed by atoms with Gasteiger partial charge in [0, 0.05) is 26.2 Å². The van der Waals surface area contributed by atoms with E-state index in [-0.39, 0.29) is 29.8 Å². The van der Waals surface area contributed by atoms with Crippen molar-refractivity contribution in [3.8, 4) is 0 Å². The highest BCUT2D eigenvalue weighted by Gasteiger charge is 2.36. The Kier molecular flexibility index (Phi) is 7.89. The molecule has 1 aromatic carbocycles. The topological polar surface area (TPSA) is 53.6 Å². The number of nitrogens with zero attached hydrogens (tertiary/aromatic N) is 1. The first-order chi connectivity index (χ1) is 12.1. The molecule has 0 bridgehead atoms. The van der Waals surface area contributed by atoms with Crippen LogP contribution in [0.25, 0.3) is 0 Å². The molecule has 26 heavy (non-hydrogen) atoms. The summed E-state index contributed by atoms with van der Waals surface area (Å²) in [6, 6.07) is 8.31. The van der Waals surface area contributed by atoms with Crippen LogP contribution in [-0.4, -0.2) is 49.7 Å². The van der Waals surface area contributed by atoms with Crippen molar-refractivity contribution >= 4 is 18.3 Å². The number of hydrogen-bond acceptors (Lipinski definition) is 4. The van der Waals surface area contributed by atoms with E-state index >= 15 is 0 Å². The van der Waals surface area contributed by atoms with Gasteiger partial charge in [0.1, 0.15) is 0 Å². The molecule has 0 aromatic heterocycles. The predicted octanol–water partition coefficient (Wildman–Crippen LogP) is 2.34. The molecule has 2 saturated heterocycles. The molecule has 0 spiro atoms. The van der Waals surface area contributed by atoms with E-state index < -0.39 is 0 Å². The molecule has 6 heteroatoms. The van der Waals surface area contributed by atoms with Gasteiger partial charge in [0.15, 0.2) is 0 Å². The van der Waals surface area contributed by atoms with Gasteiger partial charge in [-0.25, -0.2) is 0 Å². The second-order valence-electron chi connectivity index (χ2n) is 7.85. The molecular formula is C20H32ClN3O2. The van der Waals surface area contributed by atoms with Crippen molar-refractivity contribution in [3.05, 3.63) is 35.4 Å². The standard InChI is InChI=1S/C20H31N3O2.ClH/c1-20(2)8-5-9-21-18(20)19(24)22-14-16-6-3-4-7-17(16)15-23-10-12-25-13-11-23;/h3-4,6-7,18,21H,5,8-15H2,1-2H3,(H,22,24);1H. The molecule has 3 rings (SSSR count). The molecule has 1 amide bonds. The van der Waals surface area contributed by atoms with Gasteiger partial charge in [-0.3, -0.25) is 9.69 Å². The van der Waals surface area contributed by atoms with Crippen LogP contribution in [0.5, 0.6) is 0 Å². The molecular weight excluding hydrogens is 350 g/mol. The average molecular weight is 382 g/mol. The first kappa shape index (κ1) is 21.2. The smallest absolute Gasteiger partial charge is 0.237 e. The van der Waals surface area contributed by atoms with Crippen LogP contribution < -0.4 is 10.6 Å². The lowest BCUT2D eigenvalue weighted by Gasteiger charge is -2.38. The average Bonchev–Trinajstić information content (AvgIpc) is 2.61. The molecule has 2 N–H and O–H groups in total. The number of benzene rings is 1. The molecule has 1 atom stereocenters. The van der Waals surface area contributed by atoms with Crippen LogP contribution in [0, 0.1) is 5.41 Å². The SMILES string of the molecule is CC1(C)CCCNC1C(=O)NCc1ccccc1CN1CCOCC1.Cl. The van der Waals surface area contributed by atoms with Crippen molar-refractivity contribution in [3.63, 3.8) is 0 Å². The Hall–Kier alpha value is -1.14. The summed E-state index contributed by atoms with van der Waals surface area (Å²) in [6.07, 6.45) is 2.23. The number of hydrogen-bond donors (Lipinski definition) is 2. The highest BCUT2D eigenvalue weighted by molar-refractivity contribution is 5.85. The Balaban J connectivity index is 0.00000243. The number of halogens is 1. The van der Waals surface area contributed by atoms with Crippen LogP contribution in [0.3, 0.4) is 0 Å². The van der Waals surface area contributed by atoms with E-state index in [9.17, 15) is 4.79 Å². The summed E-state index contributed by atoms with van der Waals surface area (Å²) in [6.45, 7) is 10.3. The van der Waals surface area contributed by atoms with E-state index in [1.54, 1.807) is 0 Å². The maximum Gasteiger partial charge on any atom is 0.237 e. The molecule has 1 unspecified atom stereocenters. The van der Waals surface area contributed by atoms with Crippen molar-refractivity contribution in [2.75, 3.05) is 32.8 Å². The van der Waals surface area contributed by atoms with Crippen molar-refractivity contribution in [2.24, 2.45) is 5.41 Å². The monoisotopic (exact) mass is 381 g/mol. The maximum atomic E-state index is 12.7. The molecule has 5 nitrogen and oxygen atoms in total. The summed E-state index contributed by atoms with van der Waals surface area (Å²) >= 11 is 0. The summed E-state index contributed by atoms with van der Waals surface area (Å²) in [7, 11) is 0. The largest absolute Gasteiger partial charge is 0.379 e. The van der Waals surface area contributed by atoms with Crippen LogP contribution in [0.4, 0.5) is 0 Å². The van der Waals surface area contributed by atoms with Crippen LogP contribution in [0.15, 0.2) is 24.3 Å². The molecule has 0 aliphatic carbocycles. The third kappa shape index (κ3) is 5.43. The zero-order valence-electron chi connectivity index (χ0n) is 15.9. The van der Waals surface area contributed by atoms with Crippen molar-refractivity contribution in [2.45, 2.75) is 45.8 Å². The number of rotatable bonds is 5. The van der Waals surface area contributed by atoms with Crippen molar-refractivity contribution < 1.29 is 9.53 Å². The fourth-order valence-electron chi connectivity index (χ4n) is 3.83. The zero-order valence-corrected chi connectivity index (χ0v) is 16.7. The molecule has 2 fully saturated rings. The predicted molar refractivity (Wildman–Crippen MR) is 106 cm³/mol. The quantitative estimate of drug-likeness (QED) is 0.822. The number of carbonyl (C=O) groups is 1. The minimum absolute atomic E-state index is 0. The lowest BCUT2D eigenvalue weighted by Crippen LogP contribution is -2.55. The molecule has 2 aliphatic rings. The Morgan fingerprint density at radius 2 is 1.96 bits per heavy atom. The normalized spacial score (nSPS) is 23.1. The molecule has 146 valence electrons. The minimum atomic E-state index is -0.104. The Morgan fingerprint density at radius 3 is 2.65 bits per heavy atom. The summed E-state index contributed by atoms with van der Waals surface area (Å²) in [4.78, 5) is 15.1. The van der Waals surface area contributed by atoms with Gasteiger partial charge in [-0.2, -0.15) is 0 Å². The number of amides is 1. The van der Waals surface area contributed by atoms with Gasteiger partial charge in [0.25, 0.3) is 0 Å². The number of morpholine rings is 1. The Morgan fingerprint density at radius 1 is 1.27 bits per heavy atom. The first-order valence-corrected chi connectivity index (χ1v) is 9.44. The van der Waals surface area contributed by atoms with Gasteiger partial charge in [-0.1, -0.05) is 38.1 Å². The van der Waals surface area contributed by atoms with Crippen molar-refractivity contribution in [1.29, 1.82) is 0 Å². The van der Waals surface area contributed by atoms with E-state index in [0.29, 0.717) is 6.54 Å². The van der Waals surface area contributed by atoms with Gasteiger partial charge in [-0.15, -0.1) is 12.4 Å². The van der Waals surface area contributed by atoms with E-state index in [2.05, 4.69) is 47.6 Å². The third-order valence-corrected chi connectivity index (χ3v) is 5.46. The number of carbonyl (C=O) groups excluding carboxylic acids is 1. The number of ether oxygens (including phenoxy) is 1. The summed E-state index contributed by atoms with van der Waals surface area (Å²) in [5.74, 6) is 0.117. The minimum Gasteiger partial charge on any atom is -0.379 e. The third-order valence-electron chi connectivity index (χ3n) is 5.46. The molecule has 0 radical (unpaired) electrons. The lowest BCUT2D eigenvalue weighted by atomic mass is 9.77. The molecule has 1 aromatic rings. The summed E-state index contributed by atoms with van der Waals surface area (Å²) in [5, 5.41) is 6.55. The Bertz CT molecular complexity index is 588. The second kappa shape index (κ2) is 9.70. The van der Waals surface area contributed by atoms with E-state index in [4.69, 9.17) is 4.74 Å². The lowest BCUT2D eigenvalue weighted by molar-refractivity contribution is -0.126. The zero-order chi connectivity index (χ0) is 17.7. The molecule has 2 heterocycles.